The number of hydrogen-bond acceptors (Lipinski definition) is 0. The molecule has 0 aliphatic heterocycles. The van der Waals surface area contributed by atoms with Crippen molar-refractivity contribution in [1.29, 1.82) is 0 Å². The predicted molar refractivity (Wildman–Crippen MR) is 262 cm³/mol. The summed E-state index contributed by atoms with van der Waals surface area (Å²) in [5.74, 6) is 0. The summed E-state index contributed by atoms with van der Waals surface area (Å²) in [5.41, 5.74) is 18.9. The number of fused-ring (bicyclic) bond motifs is 6. The Balaban J connectivity index is 1.17. The molecule has 0 saturated carbocycles. The van der Waals surface area contributed by atoms with Crippen molar-refractivity contribution >= 4 is 43.6 Å². The molecule has 2 aromatic heterocycles. The fraction of sp³-hybridized carbons (Fsp3) is 0. The van der Waals surface area contributed by atoms with Gasteiger partial charge in [0.15, 0.2) is 0 Å². The Labute approximate surface area is 360 Å². The lowest BCUT2D eigenvalue weighted by Gasteiger charge is -2.20. The zero-order valence-electron chi connectivity index (χ0n) is 34.0. The maximum absolute atomic E-state index is 2.53. The highest BCUT2D eigenvalue weighted by atomic mass is 15.0. The number of aromatic nitrogens is 2. The van der Waals surface area contributed by atoms with Crippen molar-refractivity contribution in [3.8, 4) is 67.0 Å². The quantitative estimate of drug-likeness (QED) is 0.152. The van der Waals surface area contributed by atoms with Gasteiger partial charge in [0.1, 0.15) is 0 Å². The lowest BCUT2D eigenvalue weighted by atomic mass is 9.92. The zero-order valence-corrected chi connectivity index (χ0v) is 34.0. The van der Waals surface area contributed by atoms with E-state index < -0.39 is 0 Å². The van der Waals surface area contributed by atoms with Crippen LogP contribution in [-0.2, 0) is 0 Å². The average Bonchev–Trinajstić information content (AvgIpc) is 3.88. The summed E-state index contributed by atoms with van der Waals surface area (Å²) in [5, 5.41) is 4.93. The van der Waals surface area contributed by atoms with E-state index in [1.165, 1.54) is 88.2 Å². The molecule has 290 valence electrons. The van der Waals surface area contributed by atoms with E-state index in [9.17, 15) is 0 Å². The van der Waals surface area contributed by atoms with Crippen LogP contribution < -0.4 is 0 Å². The first kappa shape index (κ1) is 35.7. The van der Waals surface area contributed by atoms with E-state index in [0.717, 1.165) is 22.4 Å². The van der Waals surface area contributed by atoms with Crippen molar-refractivity contribution in [2.45, 2.75) is 0 Å². The SMILES string of the molecule is c1ccc(-c2cccc(-c3cccc(-c4cccc(-c5ccccc5)c4)c3-n3c4ccccc4c4c(-n5c6ccccc6c6c(-c7ccccc7)cccc65)cccc43)c2)cc1. The van der Waals surface area contributed by atoms with Gasteiger partial charge < -0.3 is 9.13 Å². The monoisotopic (exact) mass is 788 g/mol. The predicted octanol–water partition coefficient (Wildman–Crippen LogP) is 16.2. The Morgan fingerprint density at radius 3 is 1.21 bits per heavy atom. The van der Waals surface area contributed by atoms with Gasteiger partial charge in [0, 0.05) is 32.7 Å². The van der Waals surface area contributed by atoms with Crippen molar-refractivity contribution in [3.63, 3.8) is 0 Å². The number of para-hydroxylation sites is 3. The fourth-order valence-corrected chi connectivity index (χ4v) is 9.81. The summed E-state index contributed by atoms with van der Waals surface area (Å²) in [7, 11) is 0. The van der Waals surface area contributed by atoms with Gasteiger partial charge in [-0.1, -0.05) is 200 Å². The van der Waals surface area contributed by atoms with Crippen molar-refractivity contribution in [1.82, 2.24) is 9.13 Å². The van der Waals surface area contributed by atoms with Gasteiger partial charge in [-0.05, 0) is 87.0 Å². The molecule has 0 unspecified atom stereocenters. The molecule has 12 rings (SSSR count). The molecule has 0 aliphatic rings. The fourth-order valence-electron chi connectivity index (χ4n) is 9.81. The van der Waals surface area contributed by atoms with Gasteiger partial charge in [-0.3, -0.25) is 0 Å². The molecule has 2 nitrogen and oxygen atoms in total. The van der Waals surface area contributed by atoms with Gasteiger partial charge in [0.05, 0.1) is 33.4 Å². The van der Waals surface area contributed by atoms with Crippen molar-refractivity contribution in [3.05, 3.63) is 243 Å². The molecule has 0 amide bonds. The largest absolute Gasteiger partial charge is 0.309 e. The molecule has 2 heterocycles. The van der Waals surface area contributed by atoms with E-state index in [4.69, 9.17) is 0 Å². The summed E-state index contributed by atoms with van der Waals surface area (Å²) >= 11 is 0. The molecular formula is C60H40N2. The van der Waals surface area contributed by atoms with Gasteiger partial charge in [0.25, 0.3) is 0 Å². The molecule has 12 aromatic rings. The zero-order chi connectivity index (χ0) is 41.0. The molecule has 0 N–H and O–H groups in total. The molecule has 0 spiro atoms. The van der Waals surface area contributed by atoms with Crippen LogP contribution in [0.25, 0.3) is 111 Å². The first-order chi connectivity index (χ1) is 30.8. The van der Waals surface area contributed by atoms with E-state index >= 15 is 0 Å². The van der Waals surface area contributed by atoms with Crippen LogP contribution in [0.5, 0.6) is 0 Å². The molecule has 2 heteroatoms. The molecule has 0 atom stereocenters. The summed E-state index contributed by atoms with van der Waals surface area (Å²) < 4.78 is 5.03. The van der Waals surface area contributed by atoms with E-state index in [1.54, 1.807) is 0 Å². The minimum Gasteiger partial charge on any atom is -0.309 e. The molecule has 0 saturated heterocycles. The molecular weight excluding hydrogens is 749 g/mol. The lowest BCUT2D eigenvalue weighted by molar-refractivity contribution is 1.17. The molecule has 10 aromatic carbocycles. The van der Waals surface area contributed by atoms with E-state index in [-0.39, 0.29) is 0 Å². The third-order valence-corrected chi connectivity index (χ3v) is 12.5. The van der Waals surface area contributed by atoms with Gasteiger partial charge in [-0.15, -0.1) is 0 Å². The van der Waals surface area contributed by atoms with Crippen LogP contribution in [0.2, 0.25) is 0 Å². The summed E-state index contributed by atoms with van der Waals surface area (Å²) in [6.45, 7) is 0. The topological polar surface area (TPSA) is 9.86 Å². The molecule has 0 fully saturated rings. The standard InChI is InChI=1S/C60H40N2/c1-4-19-41(20-5-1)44-25-14-27-46(39-44)49-32-16-33-50(47-28-15-26-45(40-47)42-21-6-2-7-22-42)60(49)62-54-35-13-11-30-52(54)59-56(37-18-38-57(59)62)61-53-34-12-10-29-51(53)58-48(31-17-36-55(58)61)43-23-8-3-9-24-43/h1-40H. The van der Waals surface area contributed by atoms with Crippen LogP contribution >= 0.6 is 0 Å². The first-order valence-electron chi connectivity index (χ1n) is 21.4. The maximum Gasteiger partial charge on any atom is 0.0618 e. The van der Waals surface area contributed by atoms with Crippen LogP contribution in [0.3, 0.4) is 0 Å². The Kier molecular flexibility index (Phi) is 8.53. The van der Waals surface area contributed by atoms with Crippen molar-refractivity contribution in [2.75, 3.05) is 0 Å². The lowest BCUT2D eigenvalue weighted by Crippen LogP contribution is -2.01. The minimum atomic E-state index is 1.15. The van der Waals surface area contributed by atoms with Crippen LogP contribution in [0.4, 0.5) is 0 Å². The Morgan fingerprint density at radius 1 is 0.226 bits per heavy atom. The second-order valence-electron chi connectivity index (χ2n) is 16.0. The molecule has 0 radical (unpaired) electrons. The van der Waals surface area contributed by atoms with Crippen LogP contribution in [0, 0.1) is 0 Å². The van der Waals surface area contributed by atoms with Crippen molar-refractivity contribution < 1.29 is 0 Å². The molecule has 0 bridgehead atoms. The van der Waals surface area contributed by atoms with E-state index in [1.807, 2.05) is 0 Å². The third-order valence-electron chi connectivity index (χ3n) is 12.5. The van der Waals surface area contributed by atoms with E-state index in [2.05, 4.69) is 252 Å². The van der Waals surface area contributed by atoms with Crippen molar-refractivity contribution in [2.24, 2.45) is 0 Å². The second-order valence-corrected chi connectivity index (χ2v) is 16.0. The Bertz CT molecular complexity index is 3510. The number of hydrogen-bond donors (Lipinski definition) is 0. The third kappa shape index (κ3) is 5.80. The maximum atomic E-state index is 2.53. The minimum absolute atomic E-state index is 1.15. The normalized spacial score (nSPS) is 11.5. The highest BCUT2D eigenvalue weighted by Gasteiger charge is 2.24. The highest BCUT2D eigenvalue weighted by Crippen LogP contribution is 2.46. The average molecular weight is 789 g/mol. The van der Waals surface area contributed by atoms with Gasteiger partial charge >= 0.3 is 0 Å². The van der Waals surface area contributed by atoms with E-state index in [0.29, 0.717) is 0 Å². The highest BCUT2D eigenvalue weighted by molar-refractivity contribution is 6.19. The summed E-state index contributed by atoms with van der Waals surface area (Å²) in [4.78, 5) is 0. The number of rotatable bonds is 7. The Hall–Kier alpha value is -8.20. The molecule has 62 heavy (non-hydrogen) atoms. The Morgan fingerprint density at radius 2 is 0.613 bits per heavy atom. The first-order valence-corrected chi connectivity index (χ1v) is 21.4. The number of benzene rings is 10. The smallest absolute Gasteiger partial charge is 0.0618 e. The van der Waals surface area contributed by atoms with Crippen LogP contribution in [0.1, 0.15) is 0 Å². The van der Waals surface area contributed by atoms with Crippen LogP contribution in [-0.4, -0.2) is 9.13 Å². The van der Waals surface area contributed by atoms with Gasteiger partial charge in [-0.2, -0.15) is 0 Å². The number of nitrogens with zero attached hydrogens (tertiary/aromatic N) is 2. The summed E-state index contributed by atoms with van der Waals surface area (Å²) in [6, 6.07) is 88.5. The molecule has 0 aliphatic carbocycles. The van der Waals surface area contributed by atoms with Gasteiger partial charge in [0.2, 0.25) is 0 Å². The summed E-state index contributed by atoms with van der Waals surface area (Å²) in [6.07, 6.45) is 0. The van der Waals surface area contributed by atoms with Crippen LogP contribution in [0.15, 0.2) is 243 Å². The van der Waals surface area contributed by atoms with Gasteiger partial charge in [-0.25, -0.2) is 0 Å². The second kappa shape index (κ2) is 14.8.